The van der Waals surface area contributed by atoms with Crippen LogP contribution >= 0.6 is 38.5 Å². The number of fused-ring (bicyclic) bond motifs is 3. The first-order chi connectivity index (χ1) is 14.7. The molecule has 31 heavy (non-hydrogen) atoms. The lowest BCUT2D eigenvalue weighted by Gasteiger charge is -2.39. The van der Waals surface area contributed by atoms with Gasteiger partial charge in [0.05, 0.1) is 16.2 Å². The maximum absolute atomic E-state index is 13.2. The van der Waals surface area contributed by atoms with Crippen LogP contribution in [0.1, 0.15) is 23.9 Å². The SMILES string of the molecule is Cn1c(=O)n2n(c1=O)[C@@H]1CC3=C(C(=O)C(I)=CC3=O)[C@@H](c3cc(Br)ccc3O)C1=CC2. The number of aromatic hydroxyl groups is 1. The molecule has 0 radical (unpaired) electrons. The van der Waals surface area contributed by atoms with Crippen molar-refractivity contribution >= 4 is 50.1 Å². The van der Waals surface area contributed by atoms with Crippen molar-refractivity contribution in [3.05, 3.63) is 81.7 Å². The average Bonchev–Trinajstić information content (AvgIpc) is 2.96. The molecule has 1 N–H and O–H groups in total. The monoisotopic (exact) mass is 595 g/mol. The van der Waals surface area contributed by atoms with Crippen molar-refractivity contribution in [2.45, 2.75) is 24.9 Å². The van der Waals surface area contributed by atoms with Gasteiger partial charge < -0.3 is 5.11 Å². The zero-order chi connectivity index (χ0) is 22.2. The summed E-state index contributed by atoms with van der Waals surface area (Å²) in [5.41, 5.74) is 0.891. The predicted molar refractivity (Wildman–Crippen MR) is 123 cm³/mol. The van der Waals surface area contributed by atoms with Gasteiger partial charge in [0.1, 0.15) is 5.75 Å². The average molecular weight is 596 g/mol. The van der Waals surface area contributed by atoms with Gasteiger partial charge in [0, 0.05) is 46.6 Å². The summed E-state index contributed by atoms with van der Waals surface area (Å²) < 4.78 is 4.75. The van der Waals surface area contributed by atoms with E-state index in [1.807, 2.05) is 28.7 Å². The van der Waals surface area contributed by atoms with Gasteiger partial charge in [-0.3, -0.25) is 9.59 Å². The number of aromatic nitrogens is 3. The van der Waals surface area contributed by atoms with Gasteiger partial charge in [0.15, 0.2) is 11.6 Å². The van der Waals surface area contributed by atoms with Crippen molar-refractivity contribution in [3.8, 4) is 5.75 Å². The number of rotatable bonds is 1. The molecule has 2 aliphatic carbocycles. The van der Waals surface area contributed by atoms with Crippen LogP contribution in [0.4, 0.5) is 0 Å². The Labute approximate surface area is 197 Å². The largest absolute Gasteiger partial charge is 0.508 e. The molecule has 1 aromatic carbocycles. The summed E-state index contributed by atoms with van der Waals surface area (Å²) >= 11 is 5.27. The zero-order valence-corrected chi connectivity index (χ0v) is 19.9. The highest BCUT2D eigenvalue weighted by Crippen LogP contribution is 2.52. The van der Waals surface area contributed by atoms with Gasteiger partial charge in [-0.05, 0) is 46.4 Å². The molecule has 5 rings (SSSR count). The molecule has 10 heteroatoms. The third kappa shape index (κ3) is 2.84. The molecule has 0 saturated carbocycles. The second-order valence-corrected chi connectivity index (χ2v) is 9.77. The number of benzene rings is 1. The lowest BCUT2D eigenvalue weighted by molar-refractivity contribution is -0.115. The number of carbonyl (C=O) groups is 2. The number of hydrogen-bond donors (Lipinski definition) is 1. The Balaban J connectivity index is 1.82. The van der Waals surface area contributed by atoms with E-state index in [0.29, 0.717) is 30.3 Å². The molecular weight excluding hydrogens is 581 g/mol. The molecule has 0 spiro atoms. The second kappa shape index (κ2) is 7.02. The zero-order valence-electron chi connectivity index (χ0n) is 16.1. The molecule has 158 valence electrons. The first kappa shape index (κ1) is 20.4. The van der Waals surface area contributed by atoms with Crippen molar-refractivity contribution in [3.63, 3.8) is 0 Å². The number of allylic oxidation sites excluding steroid dienone is 6. The second-order valence-electron chi connectivity index (χ2n) is 7.69. The molecule has 3 aliphatic rings. The van der Waals surface area contributed by atoms with Crippen LogP contribution in [0.25, 0.3) is 0 Å². The minimum absolute atomic E-state index is 0.0187. The van der Waals surface area contributed by atoms with Gasteiger partial charge in [0.2, 0.25) is 0 Å². The summed E-state index contributed by atoms with van der Waals surface area (Å²) in [5, 5.41) is 10.7. The fourth-order valence-corrected chi connectivity index (χ4v) is 5.64. The maximum Gasteiger partial charge on any atom is 0.347 e. The van der Waals surface area contributed by atoms with Crippen molar-refractivity contribution in [2.75, 3.05) is 0 Å². The molecule has 1 aromatic heterocycles. The highest BCUT2D eigenvalue weighted by Gasteiger charge is 2.45. The van der Waals surface area contributed by atoms with Crippen molar-refractivity contribution in [1.82, 2.24) is 13.9 Å². The first-order valence-electron chi connectivity index (χ1n) is 9.46. The van der Waals surface area contributed by atoms with Gasteiger partial charge in [-0.2, -0.15) is 0 Å². The van der Waals surface area contributed by atoms with Gasteiger partial charge in [0.25, 0.3) is 0 Å². The molecule has 2 heterocycles. The van der Waals surface area contributed by atoms with Gasteiger partial charge >= 0.3 is 11.4 Å². The van der Waals surface area contributed by atoms with Crippen LogP contribution in [0.15, 0.2) is 64.7 Å². The van der Waals surface area contributed by atoms with E-state index < -0.39 is 23.3 Å². The third-order valence-corrected chi connectivity index (χ3v) is 7.39. The van der Waals surface area contributed by atoms with E-state index in [1.54, 1.807) is 12.1 Å². The number of hydrogen-bond acceptors (Lipinski definition) is 5. The molecule has 1 aliphatic heterocycles. The van der Waals surface area contributed by atoms with Crippen LogP contribution in [-0.2, 0) is 23.2 Å². The van der Waals surface area contributed by atoms with Crippen molar-refractivity contribution in [2.24, 2.45) is 7.05 Å². The van der Waals surface area contributed by atoms with Gasteiger partial charge in [-0.25, -0.2) is 23.5 Å². The van der Waals surface area contributed by atoms with Crippen LogP contribution in [0, 0.1) is 0 Å². The Morgan fingerprint density at radius 3 is 2.65 bits per heavy atom. The van der Waals surface area contributed by atoms with Crippen molar-refractivity contribution < 1.29 is 14.7 Å². The van der Waals surface area contributed by atoms with Gasteiger partial charge in [-0.15, -0.1) is 0 Å². The predicted octanol–water partition coefficient (Wildman–Crippen LogP) is 2.25. The topological polar surface area (TPSA) is 103 Å². The van der Waals surface area contributed by atoms with Crippen LogP contribution in [0.5, 0.6) is 5.75 Å². The quantitative estimate of drug-likeness (QED) is 0.309. The highest BCUT2D eigenvalue weighted by atomic mass is 127. The summed E-state index contributed by atoms with van der Waals surface area (Å²) in [6.07, 6.45) is 3.25. The maximum atomic E-state index is 13.2. The number of carbonyl (C=O) groups excluding carboxylic acids is 2. The van der Waals surface area contributed by atoms with Crippen LogP contribution in [-0.4, -0.2) is 30.6 Å². The molecule has 2 aromatic rings. The summed E-state index contributed by atoms with van der Waals surface area (Å²) in [5.74, 6) is -1.28. The number of halogens is 2. The van der Waals surface area contributed by atoms with E-state index in [2.05, 4.69) is 15.9 Å². The van der Waals surface area contributed by atoms with E-state index >= 15 is 0 Å². The standard InChI is InChI=1S/C21H15BrIN3O5/c1-24-20(30)25-5-4-10-14(26(25)21(24)31)7-12-16(28)8-13(23)19(29)18(12)17(10)11-6-9(22)2-3-15(11)27/h2-4,6,8,14,17,27H,5,7H2,1H3/t14-,17-/m1/s1. The summed E-state index contributed by atoms with van der Waals surface area (Å²) in [6.45, 7) is 0.156. The normalized spacial score (nSPS) is 22.5. The molecule has 0 fully saturated rings. The molecule has 0 unspecified atom stereocenters. The van der Waals surface area contributed by atoms with Crippen LogP contribution in [0.2, 0.25) is 0 Å². The van der Waals surface area contributed by atoms with E-state index in [4.69, 9.17) is 0 Å². The molecule has 2 atom stereocenters. The first-order valence-corrected chi connectivity index (χ1v) is 11.3. The Hall–Kier alpha value is -2.47. The fraction of sp³-hybridized carbons (Fsp3) is 0.238. The number of phenolic OH excluding ortho intramolecular Hbond substituents is 1. The van der Waals surface area contributed by atoms with E-state index in [1.165, 1.54) is 28.6 Å². The molecular formula is C21H15BrIN3O5. The van der Waals surface area contributed by atoms with Crippen LogP contribution in [0.3, 0.4) is 0 Å². The van der Waals surface area contributed by atoms with E-state index in [0.717, 1.165) is 4.57 Å². The minimum Gasteiger partial charge on any atom is -0.508 e. The number of ketones is 2. The lowest BCUT2D eigenvalue weighted by Crippen LogP contribution is -2.40. The summed E-state index contributed by atoms with van der Waals surface area (Å²) in [7, 11) is 1.41. The Morgan fingerprint density at radius 1 is 1.16 bits per heavy atom. The van der Waals surface area contributed by atoms with E-state index in [9.17, 15) is 24.3 Å². The minimum atomic E-state index is -0.711. The van der Waals surface area contributed by atoms with Crippen molar-refractivity contribution in [1.29, 1.82) is 0 Å². The number of nitrogens with zero attached hydrogens (tertiary/aromatic N) is 3. The lowest BCUT2D eigenvalue weighted by atomic mass is 9.68. The molecule has 0 saturated heterocycles. The Kier molecular flexibility index (Phi) is 4.63. The van der Waals surface area contributed by atoms with Crippen LogP contribution < -0.4 is 11.4 Å². The highest BCUT2D eigenvalue weighted by molar-refractivity contribution is 14.1. The Morgan fingerprint density at radius 2 is 1.90 bits per heavy atom. The van der Waals surface area contributed by atoms with Gasteiger partial charge in [-0.1, -0.05) is 22.0 Å². The van der Waals surface area contributed by atoms with E-state index in [-0.39, 0.29) is 30.3 Å². The Bertz CT molecular complexity index is 1420. The number of phenols is 1. The smallest absolute Gasteiger partial charge is 0.347 e. The fourth-order valence-electron chi connectivity index (χ4n) is 4.69. The molecule has 8 nitrogen and oxygen atoms in total. The summed E-state index contributed by atoms with van der Waals surface area (Å²) in [4.78, 5) is 51.4. The number of Topliss-reactive ketones (excluding diaryl/α,β-unsaturated/α-hetero) is 1. The summed E-state index contributed by atoms with van der Waals surface area (Å²) in [6, 6.07) is 4.30. The third-order valence-electron chi connectivity index (χ3n) is 6.09. The molecule has 0 bridgehead atoms. The molecule has 0 amide bonds.